The minimum absolute atomic E-state index is 0.0433. The Balaban J connectivity index is 1.71. The monoisotopic (exact) mass is 272 g/mol. The van der Waals surface area contributed by atoms with E-state index in [4.69, 9.17) is 9.94 Å². The molecule has 1 saturated heterocycles. The SMILES string of the molecule is O=C(O)C1=NOC(C(=O)NCC2CCSCC2)C1. The molecule has 7 heteroatoms. The highest BCUT2D eigenvalue weighted by Gasteiger charge is 2.31. The van der Waals surface area contributed by atoms with Crippen molar-refractivity contribution in [2.45, 2.75) is 25.4 Å². The molecule has 0 aromatic carbocycles. The van der Waals surface area contributed by atoms with E-state index in [9.17, 15) is 9.59 Å². The number of nitrogens with one attached hydrogen (secondary N) is 1. The van der Waals surface area contributed by atoms with Crippen LogP contribution in [0.3, 0.4) is 0 Å². The molecule has 100 valence electrons. The van der Waals surface area contributed by atoms with E-state index in [1.54, 1.807) is 0 Å². The van der Waals surface area contributed by atoms with Crippen molar-refractivity contribution in [2.75, 3.05) is 18.1 Å². The minimum atomic E-state index is -1.13. The zero-order valence-electron chi connectivity index (χ0n) is 9.92. The molecule has 0 aromatic rings. The summed E-state index contributed by atoms with van der Waals surface area (Å²) in [5.41, 5.74) is -0.0933. The van der Waals surface area contributed by atoms with Crippen molar-refractivity contribution in [3.8, 4) is 0 Å². The fourth-order valence-corrected chi connectivity index (χ4v) is 3.16. The smallest absolute Gasteiger partial charge is 0.353 e. The fourth-order valence-electron chi connectivity index (χ4n) is 1.95. The van der Waals surface area contributed by atoms with E-state index in [0.29, 0.717) is 12.5 Å². The molecule has 18 heavy (non-hydrogen) atoms. The van der Waals surface area contributed by atoms with Crippen LogP contribution >= 0.6 is 11.8 Å². The van der Waals surface area contributed by atoms with Crippen LogP contribution in [-0.2, 0) is 14.4 Å². The molecule has 1 unspecified atom stereocenters. The molecule has 0 saturated carbocycles. The van der Waals surface area contributed by atoms with Crippen LogP contribution in [0.5, 0.6) is 0 Å². The van der Waals surface area contributed by atoms with Gasteiger partial charge in [-0.2, -0.15) is 11.8 Å². The fraction of sp³-hybridized carbons (Fsp3) is 0.727. The Labute approximate surface area is 109 Å². The Bertz CT molecular complexity index is 366. The van der Waals surface area contributed by atoms with Gasteiger partial charge in [0.1, 0.15) is 0 Å². The third-order valence-corrected chi connectivity index (χ3v) is 4.16. The maximum Gasteiger partial charge on any atom is 0.353 e. The van der Waals surface area contributed by atoms with Gasteiger partial charge in [-0.25, -0.2) is 4.79 Å². The maximum absolute atomic E-state index is 11.7. The Kier molecular flexibility index (Phi) is 4.46. The number of oxime groups is 1. The molecule has 0 radical (unpaired) electrons. The standard InChI is InChI=1S/C11H16N2O4S/c14-10(9-5-8(11(15)16)13-17-9)12-6-7-1-3-18-4-2-7/h7,9H,1-6H2,(H,12,14)(H,15,16). The molecule has 1 fully saturated rings. The number of carbonyl (C=O) groups is 2. The highest BCUT2D eigenvalue weighted by molar-refractivity contribution is 7.99. The van der Waals surface area contributed by atoms with Crippen LogP contribution in [0.25, 0.3) is 0 Å². The van der Waals surface area contributed by atoms with Crippen molar-refractivity contribution in [3.05, 3.63) is 0 Å². The van der Waals surface area contributed by atoms with Crippen molar-refractivity contribution in [1.82, 2.24) is 5.32 Å². The van der Waals surface area contributed by atoms with Gasteiger partial charge < -0.3 is 15.3 Å². The third-order valence-electron chi connectivity index (χ3n) is 3.11. The van der Waals surface area contributed by atoms with Gasteiger partial charge in [0.15, 0.2) is 5.71 Å². The number of rotatable bonds is 4. The molecule has 1 amide bonds. The molecule has 2 rings (SSSR count). The number of carbonyl (C=O) groups excluding carboxylic acids is 1. The molecule has 1 atom stereocenters. The zero-order chi connectivity index (χ0) is 13.0. The lowest BCUT2D eigenvalue weighted by Gasteiger charge is -2.22. The van der Waals surface area contributed by atoms with Crippen LogP contribution in [0.2, 0.25) is 0 Å². The number of aliphatic carboxylic acids is 1. The van der Waals surface area contributed by atoms with Gasteiger partial charge in [-0.05, 0) is 30.3 Å². The van der Waals surface area contributed by atoms with E-state index in [2.05, 4.69) is 10.5 Å². The quantitative estimate of drug-likeness (QED) is 0.777. The van der Waals surface area contributed by atoms with Crippen molar-refractivity contribution in [2.24, 2.45) is 11.1 Å². The lowest BCUT2D eigenvalue weighted by atomic mass is 10.0. The number of carboxylic acid groups (broad SMARTS) is 1. The molecule has 6 nitrogen and oxygen atoms in total. The molecule has 2 heterocycles. The summed E-state index contributed by atoms with van der Waals surface area (Å²) in [6.45, 7) is 0.641. The minimum Gasteiger partial charge on any atom is -0.477 e. The summed E-state index contributed by atoms with van der Waals surface area (Å²) >= 11 is 1.94. The molecule has 2 aliphatic heterocycles. The average Bonchev–Trinajstić information content (AvgIpc) is 2.87. The summed E-state index contributed by atoms with van der Waals surface area (Å²) in [5, 5.41) is 14.9. The lowest BCUT2D eigenvalue weighted by molar-refractivity contribution is -0.131. The second-order valence-corrected chi connectivity index (χ2v) is 5.67. The average molecular weight is 272 g/mol. The molecule has 0 aromatic heterocycles. The van der Waals surface area contributed by atoms with E-state index >= 15 is 0 Å². The molecule has 0 bridgehead atoms. The summed E-state index contributed by atoms with van der Waals surface area (Å²) in [7, 11) is 0. The first-order valence-corrected chi connectivity index (χ1v) is 7.13. The number of nitrogens with zero attached hydrogens (tertiary/aromatic N) is 1. The lowest BCUT2D eigenvalue weighted by Crippen LogP contribution is -2.38. The number of hydrogen-bond acceptors (Lipinski definition) is 5. The Morgan fingerprint density at radius 1 is 1.44 bits per heavy atom. The summed E-state index contributed by atoms with van der Waals surface area (Å²) < 4.78 is 0. The van der Waals surface area contributed by atoms with Crippen molar-refractivity contribution < 1.29 is 19.5 Å². The third kappa shape index (κ3) is 3.38. The largest absolute Gasteiger partial charge is 0.477 e. The Morgan fingerprint density at radius 2 is 2.17 bits per heavy atom. The van der Waals surface area contributed by atoms with Crippen molar-refractivity contribution in [1.29, 1.82) is 0 Å². The predicted molar refractivity (Wildman–Crippen MR) is 67.6 cm³/mol. The van der Waals surface area contributed by atoms with E-state index in [-0.39, 0.29) is 18.0 Å². The van der Waals surface area contributed by atoms with Crippen LogP contribution in [-0.4, -0.2) is 46.8 Å². The maximum atomic E-state index is 11.7. The van der Waals surface area contributed by atoms with Crippen LogP contribution in [0.15, 0.2) is 5.16 Å². The zero-order valence-corrected chi connectivity index (χ0v) is 10.7. The highest BCUT2D eigenvalue weighted by Crippen LogP contribution is 2.22. The first-order chi connectivity index (χ1) is 8.66. The number of thioether (sulfide) groups is 1. The van der Waals surface area contributed by atoms with Crippen molar-refractivity contribution >= 4 is 29.4 Å². The molecule has 0 spiro atoms. The molecular formula is C11H16N2O4S. The van der Waals surface area contributed by atoms with E-state index in [1.807, 2.05) is 11.8 Å². The Morgan fingerprint density at radius 3 is 2.78 bits per heavy atom. The van der Waals surface area contributed by atoms with Crippen LogP contribution in [0.4, 0.5) is 0 Å². The predicted octanol–water partition coefficient (Wildman–Crippen LogP) is 0.475. The van der Waals surface area contributed by atoms with Gasteiger partial charge in [0, 0.05) is 13.0 Å². The van der Waals surface area contributed by atoms with Crippen molar-refractivity contribution in [3.63, 3.8) is 0 Å². The molecular weight excluding hydrogens is 256 g/mol. The van der Waals surface area contributed by atoms with E-state index in [1.165, 1.54) is 0 Å². The summed E-state index contributed by atoms with van der Waals surface area (Å²) in [6, 6.07) is 0. The first kappa shape index (κ1) is 13.2. The van der Waals surface area contributed by atoms with Gasteiger partial charge in [0.05, 0.1) is 0 Å². The highest BCUT2D eigenvalue weighted by atomic mass is 32.2. The summed E-state index contributed by atoms with van der Waals surface area (Å²) in [6.07, 6.45) is 1.50. The number of hydrogen-bond donors (Lipinski definition) is 2. The molecule has 2 aliphatic rings. The second kappa shape index (κ2) is 6.08. The van der Waals surface area contributed by atoms with E-state index in [0.717, 1.165) is 24.3 Å². The van der Waals surface area contributed by atoms with Gasteiger partial charge in [0.25, 0.3) is 5.91 Å². The molecule has 0 aliphatic carbocycles. The van der Waals surface area contributed by atoms with Gasteiger partial charge in [-0.15, -0.1) is 0 Å². The topological polar surface area (TPSA) is 88.0 Å². The Hall–Kier alpha value is -1.24. The van der Waals surface area contributed by atoms with Crippen LogP contribution in [0.1, 0.15) is 19.3 Å². The van der Waals surface area contributed by atoms with Crippen LogP contribution in [0, 0.1) is 5.92 Å². The summed E-state index contributed by atoms with van der Waals surface area (Å²) in [5.74, 6) is 1.42. The summed E-state index contributed by atoms with van der Waals surface area (Å²) in [4.78, 5) is 27.2. The van der Waals surface area contributed by atoms with Crippen LogP contribution < -0.4 is 5.32 Å². The normalized spacial score (nSPS) is 24.2. The first-order valence-electron chi connectivity index (χ1n) is 5.98. The van der Waals surface area contributed by atoms with E-state index < -0.39 is 12.1 Å². The van der Waals surface area contributed by atoms with Gasteiger partial charge in [-0.1, -0.05) is 5.16 Å². The molecule has 2 N–H and O–H groups in total. The number of carboxylic acids is 1. The number of amides is 1. The second-order valence-electron chi connectivity index (χ2n) is 4.44. The van der Waals surface area contributed by atoms with Gasteiger partial charge >= 0.3 is 5.97 Å². The van der Waals surface area contributed by atoms with Gasteiger partial charge in [-0.3, -0.25) is 4.79 Å². The van der Waals surface area contributed by atoms with Gasteiger partial charge in [0.2, 0.25) is 6.10 Å².